The number of benzene rings is 2. The Morgan fingerprint density at radius 1 is 1.00 bits per heavy atom. The highest BCUT2D eigenvalue weighted by Crippen LogP contribution is 2.14. The van der Waals surface area contributed by atoms with E-state index in [-0.39, 0.29) is 30.2 Å². The van der Waals surface area contributed by atoms with Crippen LogP contribution in [0.2, 0.25) is 0 Å². The minimum absolute atomic E-state index is 0.147. The first-order chi connectivity index (χ1) is 12.9. The van der Waals surface area contributed by atoms with Crippen molar-refractivity contribution in [3.05, 3.63) is 64.6 Å². The second-order valence-corrected chi connectivity index (χ2v) is 6.22. The fourth-order valence-electron chi connectivity index (χ4n) is 2.80. The van der Waals surface area contributed by atoms with Gasteiger partial charge in [-0.2, -0.15) is 0 Å². The van der Waals surface area contributed by atoms with Gasteiger partial charge in [-0.25, -0.2) is 4.98 Å². The molecule has 0 aliphatic rings. The lowest BCUT2D eigenvalue weighted by Crippen LogP contribution is -2.24. The fraction of sp³-hybridized carbons (Fsp3) is 0.200. The van der Waals surface area contributed by atoms with Gasteiger partial charge in [0.1, 0.15) is 5.69 Å². The Bertz CT molecular complexity index is 1060. The molecule has 0 bridgehead atoms. The molecule has 2 amide bonds. The van der Waals surface area contributed by atoms with E-state index in [4.69, 9.17) is 0 Å². The van der Waals surface area contributed by atoms with Crippen molar-refractivity contribution in [1.29, 1.82) is 0 Å². The van der Waals surface area contributed by atoms with E-state index in [9.17, 15) is 14.4 Å². The van der Waals surface area contributed by atoms with Crippen LogP contribution >= 0.6 is 0 Å². The molecular weight excluding hydrogens is 344 g/mol. The molecule has 0 aliphatic heterocycles. The zero-order valence-electron chi connectivity index (χ0n) is 15.2. The van der Waals surface area contributed by atoms with Crippen LogP contribution in [0.4, 0.5) is 11.4 Å². The van der Waals surface area contributed by atoms with Crippen LogP contribution in [0.25, 0.3) is 11.0 Å². The Morgan fingerprint density at radius 2 is 1.63 bits per heavy atom. The number of hydrogen-bond donors (Lipinski definition) is 2. The van der Waals surface area contributed by atoms with Crippen molar-refractivity contribution >= 4 is 34.2 Å². The first-order valence-corrected chi connectivity index (χ1v) is 8.56. The summed E-state index contributed by atoms with van der Waals surface area (Å²) in [6.07, 6.45) is 0.404. The minimum atomic E-state index is -0.209. The molecule has 7 nitrogen and oxygen atoms in total. The number of nitrogens with one attached hydrogen (secondary N) is 2. The van der Waals surface area contributed by atoms with Crippen LogP contribution in [0.5, 0.6) is 0 Å². The second kappa shape index (κ2) is 7.82. The third-order valence-electron chi connectivity index (χ3n) is 4.13. The number of carbonyl (C=O) groups excluding carboxylic acids is 2. The average Bonchev–Trinajstić information content (AvgIpc) is 2.65. The molecule has 0 spiro atoms. The van der Waals surface area contributed by atoms with Crippen LogP contribution < -0.4 is 16.2 Å². The zero-order valence-corrected chi connectivity index (χ0v) is 15.2. The number of para-hydroxylation sites is 2. The quantitative estimate of drug-likeness (QED) is 0.727. The summed E-state index contributed by atoms with van der Waals surface area (Å²) in [5, 5.41) is 5.44. The molecule has 0 unspecified atom stereocenters. The highest BCUT2D eigenvalue weighted by Gasteiger charge is 2.11. The third kappa shape index (κ3) is 4.38. The van der Waals surface area contributed by atoms with Gasteiger partial charge < -0.3 is 15.2 Å². The van der Waals surface area contributed by atoms with Gasteiger partial charge in [-0.05, 0) is 36.4 Å². The highest BCUT2D eigenvalue weighted by molar-refractivity contribution is 5.92. The van der Waals surface area contributed by atoms with Crippen LogP contribution in [-0.2, 0) is 23.1 Å². The molecule has 0 aliphatic carbocycles. The molecular formula is C20H20N4O3. The van der Waals surface area contributed by atoms with Crippen molar-refractivity contribution in [2.75, 3.05) is 10.6 Å². The third-order valence-corrected chi connectivity index (χ3v) is 4.13. The van der Waals surface area contributed by atoms with Crippen LogP contribution in [0, 0.1) is 0 Å². The van der Waals surface area contributed by atoms with Gasteiger partial charge in [-0.15, -0.1) is 0 Å². The molecule has 0 fully saturated rings. The van der Waals surface area contributed by atoms with Crippen molar-refractivity contribution in [2.45, 2.75) is 19.8 Å². The second-order valence-electron chi connectivity index (χ2n) is 6.22. The van der Waals surface area contributed by atoms with E-state index in [0.29, 0.717) is 17.1 Å². The van der Waals surface area contributed by atoms with Crippen molar-refractivity contribution in [3.63, 3.8) is 0 Å². The van der Waals surface area contributed by atoms with Gasteiger partial charge in [-0.1, -0.05) is 12.1 Å². The molecule has 0 atom stereocenters. The fourth-order valence-corrected chi connectivity index (χ4v) is 2.80. The van der Waals surface area contributed by atoms with E-state index in [1.54, 1.807) is 35.9 Å². The van der Waals surface area contributed by atoms with Gasteiger partial charge in [0.25, 0.3) is 5.56 Å². The molecule has 3 rings (SSSR count). The topological polar surface area (TPSA) is 93.1 Å². The predicted molar refractivity (Wildman–Crippen MR) is 105 cm³/mol. The summed E-state index contributed by atoms with van der Waals surface area (Å²) >= 11 is 0. The van der Waals surface area contributed by atoms with Crippen molar-refractivity contribution in [1.82, 2.24) is 9.55 Å². The molecule has 138 valence electrons. The number of carbonyl (C=O) groups is 2. The normalized spacial score (nSPS) is 10.6. The molecule has 3 aromatic rings. The zero-order chi connectivity index (χ0) is 19.4. The van der Waals surface area contributed by atoms with E-state index in [2.05, 4.69) is 15.6 Å². The Labute approximate surface area is 156 Å². The monoisotopic (exact) mass is 364 g/mol. The number of anilines is 2. The average molecular weight is 364 g/mol. The maximum absolute atomic E-state index is 12.4. The molecule has 7 heteroatoms. The molecule has 2 N–H and O–H groups in total. The van der Waals surface area contributed by atoms with Gasteiger partial charge in [0.05, 0.1) is 11.0 Å². The molecule has 1 aromatic heterocycles. The number of nitrogens with zero attached hydrogens (tertiary/aromatic N) is 2. The summed E-state index contributed by atoms with van der Waals surface area (Å²) < 4.78 is 1.55. The summed E-state index contributed by atoms with van der Waals surface area (Å²) in [5.74, 6) is -0.365. The van der Waals surface area contributed by atoms with E-state index in [1.165, 1.54) is 6.92 Å². The van der Waals surface area contributed by atoms with E-state index < -0.39 is 0 Å². The number of rotatable bonds is 5. The maximum atomic E-state index is 12.4. The lowest BCUT2D eigenvalue weighted by atomic mass is 10.2. The van der Waals surface area contributed by atoms with Crippen LogP contribution in [0.1, 0.15) is 19.0 Å². The first-order valence-electron chi connectivity index (χ1n) is 8.56. The number of aryl methyl sites for hydroxylation is 2. The number of amides is 2. The minimum Gasteiger partial charge on any atom is -0.326 e. The molecule has 27 heavy (non-hydrogen) atoms. The van der Waals surface area contributed by atoms with Crippen molar-refractivity contribution in [3.8, 4) is 0 Å². The van der Waals surface area contributed by atoms with E-state index >= 15 is 0 Å². The number of hydrogen-bond acceptors (Lipinski definition) is 4. The molecule has 0 saturated heterocycles. The van der Waals surface area contributed by atoms with Crippen LogP contribution in [0.15, 0.2) is 53.3 Å². The Balaban J connectivity index is 1.65. The largest absolute Gasteiger partial charge is 0.326 e. The summed E-state index contributed by atoms with van der Waals surface area (Å²) in [7, 11) is 1.70. The van der Waals surface area contributed by atoms with Crippen molar-refractivity contribution < 1.29 is 9.59 Å². The van der Waals surface area contributed by atoms with E-state index in [1.807, 2.05) is 24.3 Å². The maximum Gasteiger partial charge on any atom is 0.272 e. The first kappa shape index (κ1) is 18.3. The Kier molecular flexibility index (Phi) is 5.30. The van der Waals surface area contributed by atoms with Crippen LogP contribution in [0.3, 0.4) is 0 Å². The van der Waals surface area contributed by atoms with Gasteiger partial charge in [0, 0.05) is 38.2 Å². The summed E-state index contributed by atoms with van der Waals surface area (Å²) in [4.78, 5) is 40.0. The van der Waals surface area contributed by atoms with Gasteiger partial charge in [0.2, 0.25) is 11.8 Å². The summed E-state index contributed by atoms with van der Waals surface area (Å²) in [6, 6.07) is 14.2. The molecule has 0 saturated carbocycles. The number of aromatic nitrogens is 2. The van der Waals surface area contributed by atoms with Gasteiger partial charge in [-0.3, -0.25) is 14.4 Å². The van der Waals surface area contributed by atoms with E-state index in [0.717, 1.165) is 11.0 Å². The Morgan fingerprint density at radius 3 is 2.30 bits per heavy atom. The lowest BCUT2D eigenvalue weighted by Gasteiger charge is -2.09. The summed E-state index contributed by atoms with van der Waals surface area (Å²) in [6.45, 7) is 1.43. The van der Waals surface area contributed by atoms with Gasteiger partial charge >= 0.3 is 0 Å². The van der Waals surface area contributed by atoms with Crippen LogP contribution in [-0.4, -0.2) is 21.4 Å². The molecule has 1 heterocycles. The Hall–Kier alpha value is -3.48. The predicted octanol–water partition coefficient (Wildman–Crippen LogP) is 2.46. The summed E-state index contributed by atoms with van der Waals surface area (Å²) in [5.41, 5.74) is 2.94. The van der Waals surface area contributed by atoms with Gasteiger partial charge in [0.15, 0.2) is 0 Å². The highest BCUT2D eigenvalue weighted by atomic mass is 16.2. The SMILES string of the molecule is CC(=O)Nc1ccc(NC(=O)CCc2nc3ccccc3n(C)c2=O)cc1. The molecule has 2 aromatic carbocycles. The van der Waals surface area contributed by atoms with Crippen molar-refractivity contribution in [2.24, 2.45) is 7.05 Å². The lowest BCUT2D eigenvalue weighted by molar-refractivity contribution is -0.116. The molecule has 0 radical (unpaired) electrons. The smallest absolute Gasteiger partial charge is 0.272 e. The number of fused-ring (bicyclic) bond motifs is 1. The standard InChI is InChI=1S/C20H20N4O3/c1-13(25)21-14-7-9-15(10-8-14)22-19(26)12-11-17-20(27)24(2)18-6-4-3-5-16(18)23-17/h3-10H,11-12H2,1-2H3,(H,21,25)(H,22,26).